The van der Waals surface area contributed by atoms with Crippen LogP contribution in [0.25, 0.3) is 5.65 Å². The van der Waals surface area contributed by atoms with Crippen LogP contribution in [0.5, 0.6) is 0 Å². The Balaban J connectivity index is 1.97. The fraction of sp³-hybridized carbons (Fsp3) is 0.0714. The monoisotopic (exact) mass is 320 g/mol. The van der Waals surface area contributed by atoms with Gasteiger partial charge in [-0.1, -0.05) is 29.3 Å². The van der Waals surface area contributed by atoms with Gasteiger partial charge in [0.2, 0.25) is 0 Å². The van der Waals surface area contributed by atoms with Gasteiger partial charge in [-0.2, -0.15) is 5.10 Å². The van der Waals surface area contributed by atoms with Gasteiger partial charge in [0.1, 0.15) is 5.69 Å². The molecule has 0 bridgehead atoms. The van der Waals surface area contributed by atoms with Gasteiger partial charge in [-0.15, -0.1) is 0 Å². The molecule has 1 aromatic carbocycles. The molecule has 3 rings (SSSR count). The van der Waals surface area contributed by atoms with E-state index in [0.717, 1.165) is 5.69 Å². The SMILES string of the molecule is Cc1cc(C(=O)Nc2c(Cl)cccc2Cl)nc2ccnn12. The Hall–Kier alpha value is -2.11. The van der Waals surface area contributed by atoms with E-state index in [-0.39, 0.29) is 11.6 Å². The van der Waals surface area contributed by atoms with Gasteiger partial charge in [0.05, 0.1) is 21.9 Å². The van der Waals surface area contributed by atoms with Crippen LogP contribution in [-0.2, 0) is 0 Å². The summed E-state index contributed by atoms with van der Waals surface area (Å²) in [6, 6.07) is 8.40. The van der Waals surface area contributed by atoms with Crippen LogP contribution in [0.2, 0.25) is 10.0 Å². The maximum atomic E-state index is 12.3. The van der Waals surface area contributed by atoms with Crippen molar-refractivity contribution in [2.75, 3.05) is 5.32 Å². The zero-order valence-electron chi connectivity index (χ0n) is 11.0. The van der Waals surface area contributed by atoms with Crippen LogP contribution in [0.15, 0.2) is 36.5 Å². The number of anilines is 1. The summed E-state index contributed by atoms with van der Waals surface area (Å²) in [5.74, 6) is -0.378. The molecule has 1 amide bonds. The molecule has 2 heterocycles. The molecule has 3 aromatic rings. The summed E-state index contributed by atoms with van der Waals surface area (Å²) in [7, 11) is 0. The van der Waals surface area contributed by atoms with E-state index in [0.29, 0.717) is 21.4 Å². The number of benzene rings is 1. The smallest absolute Gasteiger partial charge is 0.274 e. The summed E-state index contributed by atoms with van der Waals surface area (Å²) >= 11 is 12.1. The molecule has 21 heavy (non-hydrogen) atoms. The third-order valence-corrected chi connectivity index (χ3v) is 3.60. The molecule has 106 valence electrons. The Morgan fingerprint density at radius 3 is 2.67 bits per heavy atom. The quantitative estimate of drug-likeness (QED) is 0.784. The molecule has 7 heteroatoms. The van der Waals surface area contributed by atoms with E-state index in [1.165, 1.54) is 0 Å². The number of fused-ring (bicyclic) bond motifs is 1. The number of aromatic nitrogens is 3. The number of amides is 1. The van der Waals surface area contributed by atoms with Gasteiger partial charge in [-0.25, -0.2) is 9.50 Å². The van der Waals surface area contributed by atoms with E-state index >= 15 is 0 Å². The van der Waals surface area contributed by atoms with Gasteiger partial charge in [-0.05, 0) is 25.1 Å². The number of halogens is 2. The van der Waals surface area contributed by atoms with Crippen LogP contribution in [0.4, 0.5) is 5.69 Å². The lowest BCUT2D eigenvalue weighted by atomic mass is 10.2. The molecule has 0 fully saturated rings. The molecular formula is C14H10Cl2N4O. The second-order valence-corrected chi connectivity index (χ2v) is 5.25. The first-order valence-corrected chi connectivity index (χ1v) is 6.88. The molecule has 0 aliphatic carbocycles. The number of nitrogens with one attached hydrogen (secondary N) is 1. The molecule has 0 radical (unpaired) electrons. The van der Waals surface area contributed by atoms with Gasteiger partial charge in [0.25, 0.3) is 5.91 Å². The highest BCUT2D eigenvalue weighted by atomic mass is 35.5. The molecule has 0 aliphatic rings. The Labute approximate surface area is 130 Å². The standard InChI is InChI=1S/C14H10Cl2N4O/c1-8-7-11(18-12-5-6-17-20(8)12)14(21)19-13-9(15)3-2-4-10(13)16/h2-7H,1H3,(H,19,21). The molecule has 0 atom stereocenters. The van der Waals surface area contributed by atoms with Crippen LogP contribution >= 0.6 is 23.2 Å². The maximum Gasteiger partial charge on any atom is 0.274 e. The zero-order chi connectivity index (χ0) is 15.0. The number of hydrogen-bond acceptors (Lipinski definition) is 3. The largest absolute Gasteiger partial charge is 0.318 e. The Bertz CT molecular complexity index is 824. The topological polar surface area (TPSA) is 59.3 Å². The van der Waals surface area contributed by atoms with E-state index < -0.39 is 0 Å². The van der Waals surface area contributed by atoms with Gasteiger partial charge >= 0.3 is 0 Å². The number of carbonyl (C=O) groups excluding carboxylic acids is 1. The average molecular weight is 321 g/mol. The second kappa shape index (κ2) is 5.35. The van der Waals surface area contributed by atoms with Crippen molar-refractivity contribution in [1.82, 2.24) is 14.6 Å². The molecule has 0 unspecified atom stereocenters. The first kappa shape index (κ1) is 13.9. The molecule has 0 saturated carbocycles. The van der Waals surface area contributed by atoms with Gasteiger partial charge in [0.15, 0.2) is 5.65 Å². The highest BCUT2D eigenvalue weighted by Crippen LogP contribution is 2.30. The summed E-state index contributed by atoms with van der Waals surface area (Å²) in [5.41, 5.74) is 2.06. The molecular weight excluding hydrogens is 311 g/mol. The minimum atomic E-state index is -0.378. The van der Waals surface area contributed by atoms with Crippen molar-refractivity contribution in [3.05, 3.63) is 58.0 Å². The van der Waals surface area contributed by atoms with Gasteiger partial charge in [-0.3, -0.25) is 4.79 Å². The molecule has 1 N–H and O–H groups in total. The van der Waals surface area contributed by atoms with Crippen molar-refractivity contribution in [3.63, 3.8) is 0 Å². The third-order valence-electron chi connectivity index (χ3n) is 2.97. The molecule has 0 spiro atoms. The minimum absolute atomic E-state index is 0.275. The third kappa shape index (κ3) is 2.57. The number of aryl methyl sites for hydroxylation is 1. The van der Waals surface area contributed by atoms with E-state index in [9.17, 15) is 4.79 Å². The number of nitrogens with zero attached hydrogens (tertiary/aromatic N) is 3. The summed E-state index contributed by atoms with van der Waals surface area (Å²) in [4.78, 5) is 16.6. The van der Waals surface area contributed by atoms with E-state index in [1.54, 1.807) is 41.0 Å². The zero-order valence-corrected chi connectivity index (χ0v) is 12.5. The predicted molar refractivity (Wildman–Crippen MR) is 82.1 cm³/mol. The Morgan fingerprint density at radius 1 is 1.24 bits per heavy atom. The fourth-order valence-electron chi connectivity index (χ4n) is 1.98. The fourth-order valence-corrected chi connectivity index (χ4v) is 2.47. The number of hydrogen-bond donors (Lipinski definition) is 1. The lowest BCUT2D eigenvalue weighted by molar-refractivity contribution is 0.102. The summed E-state index contributed by atoms with van der Waals surface area (Å²) in [5, 5.41) is 7.54. The van der Waals surface area contributed by atoms with Crippen molar-refractivity contribution >= 4 is 40.4 Å². The highest BCUT2D eigenvalue weighted by molar-refractivity contribution is 6.40. The van der Waals surface area contributed by atoms with Gasteiger partial charge < -0.3 is 5.32 Å². The molecule has 0 saturated heterocycles. The normalized spacial score (nSPS) is 10.8. The minimum Gasteiger partial charge on any atom is -0.318 e. The predicted octanol–water partition coefficient (Wildman–Crippen LogP) is 3.60. The second-order valence-electron chi connectivity index (χ2n) is 4.43. The lowest BCUT2D eigenvalue weighted by Gasteiger charge is -2.09. The Morgan fingerprint density at radius 2 is 1.95 bits per heavy atom. The van der Waals surface area contributed by atoms with Crippen LogP contribution in [0.3, 0.4) is 0 Å². The van der Waals surface area contributed by atoms with Crippen molar-refractivity contribution in [1.29, 1.82) is 0 Å². The van der Waals surface area contributed by atoms with Gasteiger partial charge in [0, 0.05) is 11.8 Å². The first-order valence-electron chi connectivity index (χ1n) is 6.13. The number of para-hydroxylation sites is 1. The maximum absolute atomic E-state index is 12.3. The highest BCUT2D eigenvalue weighted by Gasteiger charge is 2.14. The van der Waals surface area contributed by atoms with Crippen LogP contribution in [-0.4, -0.2) is 20.5 Å². The molecule has 2 aromatic heterocycles. The Kier molecular flexibility index (Phi) is 3.53. The van der Waals surface area contributed by atoms with Crippen LogP contribution < -0.4 is 5.32 Å². The van der Waals surface area contributed by atoms with E-state index in [2.05, 4.69) is 15.4 Å². The van der Waals surface area contributed by atoms with E-state index in [4.69, 9.17) is 23.2 Å². The van der Waals surface area contributed by atoms with Crippen molar-refractivity contribution < 1.29 is 4.79 Å². The van der Waals surface area contributed by atoms with E-state index in [1.807, 2.05) is 6.92 Å². The number of rotatable bonds is 2. The summed E-state index contributed by atoms with van der Waals surface area (Å²) in [6.07, 6.45) is 1.63. The number of carbonyl (C=O) groups is 1. The summed E-state index contributed by atoms with van der Waals surface area (Å²) < 4.78 is 1.65. The molecule has 0 aliphatic heterocycles. The average Bonchev–Trinajstić information content (AvgIpc) is 2.91. The molecule has 5 nitrogen and oxygen atoms in total. The first-order chi connectivity index (χ1) is 10.1. The van der Waals surface area contributed by atoms with Crippen LogP contribution in [0, 0.1) is 6.92 Å². The lowest BCUT2D eigenvalue weighted by Crippen LogP contribution is -2.15. The van der Waals surface area contributed by atoms with Crippen molar-refractivity contribution in [3.8, 4) is 0 Å². The van der Waals surface area contributed by atoms with Crippen LogP contribution in [0.1, 0.15) is 16.2 Å². The van der Waals surface area contributed by atoms with Crippen molar-refractivity contribution in [2.45, 2.75) is 6.92 Å². The summed E-state index contributed by atoms with van der Waals surface area (Å²) in [6.45, 7) is 1.85. The van der Waals surface area contributed by atoms with Crippen molar-refractivity contribution in [2.24, 2.45) is 0 Å².